The van der Waals surface area contributed by atoms with Gasteiger partial charge in [0.25, 0.3) is 0 Å². The smallest absolute Gasteiger partial charge is 0.822 e. The molecule has 0 aliphatic rings. The maximum atomic E-state index is 8.55. The Morgan fingerprint density at radius 2 is 0.889 bits per heavy atom. The molecule has 9 heavy (non-hydrogen) atoms. The zero-order valence-electron chi connectivity index (χ0n) is 5.49. The number of phosphoric acid groups is 1. The van der Waals surface area contributed by atoms with Crippen LogP contribution in [-0.4, -0.2) is 0 Å². The summed E-state index contributed by atoms with van der Waals surface area (Å²) in [5.41, 5.74) is 0. The van der Waals surface area contributed by atoms with Gasteiger partial charge in [-0.25, -0.2) is 0 Å². The molecule has 0 aromatic rings. The third kappa shape index (κ3) is 63.4. The first kappa shape index (κ1) is 29.2. The van der Waals surface area contributed by atoms with E-state index in [-0.39, 0.29) is 159 Å². The first-order valence-electron chi connectivity index (χ1n) is 0.730. The molecule has 0 aromatic heterocycles. The van der Waals surface area contributed by atoms with Gasteiger partial charge in [0.1, 0.15) is 0 Å². The Kier molecular flexibility index (Phi) is 50.0. The molecule has 0 saturated heterocycles. The van der Waals surface area contributed by atoms with Crippen LogP contribution in [0.25, 0.3) is 0 Å². The van der Waals surface area contributed by atoms with Gasteiger partial charge in [-0.15, -0.1) is 0 Å². The van der Waals surface area contributed by atoms with Gasteiger partial charge >= 0.3 is 154 Å². The number of hydrogen-bond donors (Lipinski definition) is 0. The third-order valence-electron chi connectivity index (χ3n) is 0. The van der Waals surface area contributed by atoms with Crippen LogP contribution in [0.5, 0.6) is 0 Å². The Labute approximate surface area is 180 Å². The molecule has 0 radical (unpaired) electrons. The Balaban J connectivity index is -0.0000000133. The summed E-state index contributed by atoms with van der Waals surface area (Å²) < 4.78 is 8.55. The van der Waals surface area contributed by atoms with E-state index in [0.29, 0.717) is 0 Å². The van der Waals surface area contributed by atoms with Crippen LogP contribution in [0.2, 0.25) is 0 Å². The van der Waals surface area contributed by atoms with Crippen molar-refractivity contribution in [1.29, 1.82) is 0 Å². The van der Waals surface area contributed by atoms with E-state index in [0.717, 1.165) is 0 Å². The molecule has 4 nitrogen and oxygen atoms in total. The molecule has 0 aliphatic carbocycles. The molecule has 0 atom stereocenters. The van der Waals surface area contributed by atoms with E-state index in [1.165, 1.54) is 0 Å². The molecule has 0 unspecified atom stereocenters. The molecule has 0 amide bonds. The standard InChI is InChI=1S/FH.3K.H3O4P/c;;;;1-5(2,3)4/h1H;;;;(H3,1,2,3,4)/q;3*+1;/p-3. The van der Waals surface area contributed by atoms with Gasteiger partial charge < -0.3 is 19.2 Å². The van der Waals surface area contributed by atoms with Crippen LogP contribution in [0.1, 0.15) is 0 Å². The van der Waals surface area contributed by atoms with Crippen LogP contribution in [0.15, 0.2) is 0 Å². The SMILES string of the molecule is F.O=P([O-])([O-])[O-].[K+].[K+].[K+]. The van der Waals surface area contributed by atoms with Crippen LogP contribution < -0.4 is 169 Å². The minimum atomic E-state index is -5.39. The molecule has 0 spiro atoms. The van der Waals surface area contributed by atoms with Crippen LogP contribution in [-0.2, 0) is 4.57 Å². The second kappa shape index (κ2) is 15.4. The van der Waals surface area contributed by atoms with E-state index < -0.39 is 7.82 Å². The minimum Gasteiger partial charge on any atom is -0.822 e. The van der Waals surface area contributed by atoms with Crippen molar-refractivity contribution in [3.05, 3.63) is 0 Å². The average Bonchev–Trinajstić information content (AvgIpc) is 0.722. The van der Waals surface area contributed by atoms with E-state index in [2.05, 4.69) is 0 Å². The van der Waals surface area contributed by atoms with Gasteiger partial charge in [0.2, 0.25) is 0 Å². The second-order valence-electron chi connectivity index (χ2n) is 0.447. The summed E-state index contributed by atoms with van der Waals surface area (Å²) in [6.07, 6.45) is 0. The Bertz CT molecular complexity index is 61.9. The summed E-state index contributed by atoms with van der Waals surface area (Å²) >= 11 is 0. The molecule has 40 valence electrons. The zero-order chi connectivity index (χ0) is 4.50. The molecule has 0 saturated carbocycles. The molecule has 0 rings (SSSR count). The van der Waals surface area contributed by atoms with Crippen LogP contribution in [0.3, 0.4) is 0 Å². The van der Waals surface area contributed by atoms with E-state index in [1.807, 2.05) is 0 Å². The van der Waals surface area contributed by atoms with Crippen molar-refractivity contribution < 1.29 is 178 Å². The Hall–Kier alpha value is 4.95. The number of rotatable bonds is 0. The molecule has 0 fully saturated rings. The van der Waals surface area contributed by atoms with Crippen molar-refractivity contribution in [1.82, 2.24) is 0 Å². The van der Waals surface area contributed by atoms with Gasteiger partial charge in [0.05, 0.1) is 0 Å². The monoisotopic (exact) mass is 232 g/mol. The molecule has 0 N–H and O–H groups in total. The largest absolute Gasteiger partial charge is 1.00 e. The minimum absolute atomic E-state index is 0. The first-order chi connectivity index (χ1) is 2.00. The van der Waals surface area contributed by atoms with Gasteiger partial charge in [-0.05, 0) is 0 Å². The summed E-state index contributed by atoms with van der Waals surface area (Å²) in [6.45, 7) is 0. The molecule has 0 bridgehead atoms. The van der Waals surface area contributed by atoms with Gasteiger partial charge in [-0.2, -0.15) is 7.82 Å². The summed E-state index contributed by atoms with van der Waals surface area (Å²) in [5, 5.41) is 0. The first-order valence-corrected chi connectivity index (χ1v) is 2.19. The fraction of sp³-hybridized carbons (Fsp3) is 0. The number of halogens is 1. The van der Waals surface area contributed by atoms with E-state index >= 15 is 0 Å². The molecule has 0 heterocycles. The predicted molar refractivity (Wildman–Crippen MR) is 10.1 cm³/mol. The molecule has 0 aliphatic heterocycles. The topological polar surface area (TPSA) is 86.2 Å². The average molecular weight is 232 g/mol. The Morgan fingerprint density at radius 3 is 0.889 bits per heavy atom. The van der Waals surface area contributed by atoms with Crippen molar-refractivity contribution in [2.75, 3.05) is 0 Å². The summed E-state index contributed by atoms with van der Waals surface area (Å²) in [7, 11) is -5.39. The van der Waals surface area contributed by atoms with Gasteiger partial charge in [-0.3, -0.25) is 4.70 Å². The Morgan fingerprint density at radius 1 is 0.889 bits per heavy atom. The van der Waals surface area contributed by atoms with Crippen molar-refractivity contribution in [2.24, 2.45) is 0 Å². The molecule has 9 heteroatoms. The normalized spacial score (nSPS) is 6.56. The second-order valence-corrected chi connectivity index (χ2v) is 1.34. The maximum Gasteiger partial charge on any atom is 1.00 e. The van der Waals surface area contributed by atoms with Gasteiger partial charge in [0.15, 0.2) is 0 Å². The fourth-order valence-electron chi connectivity index (χ4n) is 0. The van der Waals surface area contributed by atoms with Crippen LogP contribution >= 0.6 is 7.82 Å². The van der Waals surface area contributed by atoms with Gasteiger partial charge in [-0.1, -0.05) is 0 Å². The van der Waals surface area contributed by atoms with Crippen molar-refractivity contribution in [2.45, 2.75) is 0 Å². The van der Waals surface area contributed by atoms with E-state index in [4.69, 9.17) is 19.2 Å². The van der Waals surface area contributed by atoms with Gasteiger partial charge in [0, 0.05) is 0 Å². The summed E-state index contributed by atoms with van der Waals surface area (Å²) in [4.78, 5) is 25.6. The maximum absolute atomic E-state index is 8.55. The van der Waals surface area contributed by atoms with E-state index in [9.17, 15) is 0 Å². The van der Waals surface area contributed by atoms with Crippen LogP contribution in [0, 0.1) is 0 Å². The predicted octanol–water partition coefficient (Wildman–Crippen LogP) is -11.7. The quantitative estimate of drug-likeness (QED) is 0.306. The number of hydrogen-bond acceptors (Lipinski definition) is 4. The van der Waals surface area contributed by atoms with Crippen LogP contribution in [0.4, 0.5) is 4.70 Å². The summed E-state index contributed by atoms with van der Waals surface area (Å²) in [5.74, 6) is 0. The van der Waals surface area contributed by atoms with E-state index in [1.54, 1.807) is 0 Å². The molecular weight excluding hydrogens is 231 g/mol. The van der Waals surface area contributed by atoms with Crippen molar-refractivity contribution in [3.8, 4) is 0 Å². The fourth-order valence-corrected chi connectivity index (χ4v) is 0. The summed E-state index contributed by atoms with van der Waals surface area (Å²) in [6, 6.07) is 0. The molecular formula is HFK3O4P. The zero-order valence-corrected chi connectivity index (χ0v) is 15.8. The van der Waals surface area contributed by atoms with Crippen molar-refractivity contribution in [3.63, 3.8) is 0 Å². The molecule has 0 aromatic carbocycles. The van der Waals surface area contributed by atoms with Crippen molar-refractivity contribution >= 4 is 7.82 Å². The third-order valence-corrected chi connectivity index (χ3v) is 0.